The van der Waals surface area contributed by atoms with Gasteiger partial charge in [0, 0.05) is 26.1 Å². The Hall–Kier alpha value is -3.02. The van der Waals surface area contributed by atoms with E-state index in [2.05, 4.69) is 6.92 Å². The number of fused-ring (bicyclic) bond motifs is 2. The first-order valence-electron chi connectivity index (χ1n) is 10.2. The summed E-state index contributed by atoms with van der Waals surface area (Å²) < 4.78 is 9.02. The van der Waals surface area contributed by atoms with Crippen LogP contribution in [0.3, 0.4) is 0 Å². The van der Waals surface area contributed by atoms with Crippen molar-refractivity contribution < 1.29 is 9.53 Å². The number of imidazole rings is 1. The molecule has 3 aromatic rings. The van der Waals surface area contributed by atoms with Gasteiger partial charge in [-0.2, -0.15) is 0 Å². The molecule has 4 rings (SSSR count). The topological polar surface area (TPSA) is 56.5 Å². The van der Waals surface area contributed by atoms with Crippen LogP contribution in [0.1, 0.15) is 30.9 Å². The number of benzene rings is 2. The van der Waals surface area contributed by atoms with Gasteiger partial charge in [-0.15, -0.1) is 0 Å². The van der Waals surface area contributed by atoms with Crippen molar-refractivity contribution in [3.05, 3.63) is 58.0 Å². The van der Waals surface area contributed by atoms with Gasteiger partial charge in [-0.25, -0.2) is 4.79 Å². The van der Waals surface area contributed by atoms with Gasteiger partial charge in [0.1, 0.15) is 5.75 Å². The molecule has 0 fully saturated rings. The summed E-state index contributed by atoms with van der Waals surface area (Å²) in [6.45, 7) is 5.69. The van der Waals surface area contributed by atoms with Crippen molar-refractivity contribution in [2.45, 2.75) is 46.2 Å². The number of hydrogen-bond acceptors (Lipinski definition) is 3. The standard InChI is InChI=1S/C23H27N3O3/c1-4-24-18-9-5-6-10-19(18)25(23(24)28)15-13-21(27)26-14-7-8-17-16(2)11-12-20(29-3)22(17)26/h5-6,9-12H,4,7-8,13-15H2,1-3H3. The number of aromatic nitrogens is 2. The fourth-order valence-electron chi connectivity index (χ4n) is 4.40. The predicted octanol–water partition coefficient (Wildman–Crippen LogP) is 3.51. The fourth-order valence-corrected chi connectivity index (χ4v) is 4.40. The zero-order valence-corrected chi connectivity index (χ0v) is 17.3. The molecule has 0 saturated carbocycles. The Balaban J connectivity index is 1.63. The molecule has 2 heterocycles. The van der Waals surface area contributed by atoms with Crippen LogP contribution in [0.5, 0.6) is 5.75 Å². The van der Waals surface area contributed by atoms with Crippen LogP contribution >= 0.6 is 0 Å². The number of carbonyl (C=O) groups is 1. The highest BCUT2D eigenvalue weighted by molar-refractivity contribution is 5.96. The van der Waals surface area contributed by atoms with E-state index in [1.807, 2.05) is 48.2 Å². The van der Waals surface area contributed by atoms with Crippen molar-refractivity contribution in [2.75, 3.05) is 18.6 Å². The molecule has 0 saturated heterocycles. The predicted molar refractivity (Wildman–Crippen MR) is 115 cm³/mol. The highest BCUT2D eigenvalue weighted by Crippen LogP contribution is 2.38. The number of ether oxygens (including phenoxy) is 1. The van der Waals surface area contributed by atoms with Crippen molar-refractivity contribution in [3.8, 4) is 5.75 Å². The second kappa shape index (κ2) is 7.78. The summed E-state index contributed by atoms with van der Waals surface area (Å²) in [6, 6.07) is 11.7. The molecule has 1 aliphatic heterocycles. The van der Waals surface area contributed by atoms with E-state index in [1.165, 1.54) is 11.1 Å². The molecule has 0 unspecified atom stereocenters. The second-order valence-corrected chi connectivity index (χ2v) is 7.48. The molecular weight excluding hydrogens is 366 g/mol. The van der Waals surface area contributed by atoms with E-state index in [1.54, 1.807) is 16.2 Å². The Morgan fingerprint density at radius 1 is 1.10 bits per heavy atom. The van der Waals surface area contributed by atoms with Gasteiger partial charge in [-0.1, -0.05) is 18.2 Å². The molecule has 0 aliphatic carbocycles. The molecule has 2 aromatic carbocycles. The average Bonchev–Trinajstić information content (AvgIpc) is 3.02. The number of amides is 1. The molecule has 0 atom stereocenters. The summed E-state index contributed by atoms with van der Waals surface area (Å²) in [5.41, 5.74) is 4.98. The molecule has 152 valence electrons. The lowest BCUT2D eigenvalue weighted by atomic mass is 9.96. The number of para-hydroxylation sites is 2. The van der Waals surface area contributed by atoms with Gasteiger partial charge in [0.25, 0.3) is 0 Å². The first-order valence-corrected chi connectivity index (χ1v) is 10.2. The van der Waals surface area contributed by atoms with Crippen molar-refractivity contribution in [3.63, 3.8) is 0 Å². The van der Waals surface area contributed by atoms with Gasteiger partial charge in [0.15, 0.2) is 0 Å². The zero-order chi connectivity index (χ0) is 20.5. The number of aryl methyl sites for hydroxylation is 3. The summed E-state index contributed by atoms with van der Waals surface area (Å²) in [7, 11) is 1.64. The Morgan fingerprint density at radius 2 is 1.83 bits per heavy atom. The van der Waals surface area contributed by atoms with Crippen molar-refractivity contribution in [2.24, 2.45) is 0 Å². The van der Waals surface area contributed by atoms with Crippen LogP contribution in [0.2, 0.25) is 0 Å². The van der Waals surface area contributed by atoms with Crippen LogP contribution in [0, 0.1) is 6.92 Å². The third-order valence-electron chi connectivity index (χ3n) is 5.87. The largest absolute Gasteiger partial charge is 0.495 e. The quantitative estimate of drug-likeness (QED) is 0.667. The molecule has 0 bridgehead atoms. The molecule has 6 nitrogen and oxygen atoms in total. The maximum atomic E-state index is 13.2. The Labute approximate surface area is 170 Å². The number of rotatable bonds is 5. The minimum absolute atomic E-state index is 0.0232. The minimum Gasteiger partial charge on any atom is -0.495 e. The highest BCUT2D eigenvalue weighted by Gasteiger charge is 2.27. The zero-order valence-electron chi connectivity index (χ0n) is 17.3. The van der Waals surface area contributed by atoms with Crippen LogP contribution in [0.15, 0.2) is 41.2 Å². The maximum Gasteiger partial charge on any atom is 0.329 e. The number of carbonyl (C=O) groups excluding carboxylic acids is 1. The normalized spacial score (nSPS) is 13.6. The maximum absolute atomic E-state index is 13.2. The third-order valence-corrected chi connectivity index (χ3v) is 5.87. The summed E-state index contributed by atoms with van der Waals surface area (Å²) >= 11 is 0. The van der Waals surface area contributed by atoms with E-state index in [0.29, 0.717) is 19.6 Å². The minimum atomic E-state index is -0.0611. The van der Waals surface area contributed by atoms with Gasteiger partial charge in [0.05, 0.1) is 23.8 Å². The number of methoxy groups -OCH3 is 1. The molecule has 29 heavy (non-hydrogen) atoms. The van der Waals surface area contributed by atoms with Crippen LogP contribution < -0.4 is 15.3 Å². The van der Waals surface area contributed by atoms with Crippen LogP contribution in [-0.4, -0.2) is 28.7 Å². The molecular formula is C23H27N3O3. The first kappa shape index (κ1) is 19.3. The molecule has 0 N–H and O–H groups in total. The number of hydrogen-bond donors (Lipinski definition) is 0. The monoisotopic (exact) mass is 393 g/mol. The van der Waals surface area contributed by atoms with Crippen LogP contribution in [0.4, 0.5) is 5.69 Å². The SMILES string of the molecule is CCn1c(=O)n(CCC(=O)N2CCCc3c(C)ccc(OC)c32)c2ccccc21. The lowest BCUT2D eigenvalue weighted by molar-refractivity contribution is -0.118. The van der Waals surface area contributed by atoms with E-state index < -0.39 is 0 Å². The number of anilines is 1. The second-order valence-electron chi connectivity index (χ2n) is 7.48. The van der Waals surface area contributed by atoms with Crippen molar-refractivity contribution >= 4 is 22.6 Å². The fraction of sp³-hybridized carbons (Fsp3) is 0.391. The summed E-state index contributed by atoms with van der Waals surface area (Å²) in [5.74, 6) is 0.758. The van der Waals surface area contributed by atoms with E-state index >= 15 is 0 Å². The van der Waals surface area contributed by atoms with Crippen LogP contribution in [0.25, 0.3) is 11.0 Å². The van der Waals surface area contributed by atoms with Gasteiger partial charge < -0.3 is 9.64 Å². The van der Waals surface area contributed by atoms with Gasteiger partial charge in [-0.05, 0) is 56.0 Å². The summed E-state index contributed by atoms with van der Waals surface area (Å²) in [4.78, 5) is 27.9. The van der Waals surface area contributed by atoms with Gasteiger partial charge >= 0.3 is 5.69 Å². The molecule has 1 aliphatic rings. The lowest BCUT2D eigenvalue weighted by Crippen LogP contribution is -2.37. The Kier molecular flexibility index (Phi) is 5.18. The molecule has 1 aromatic heterocycles. The highest BCUT2D eigenvalue weighted by atomic mass is 16.5. The van der Waals surface area contributed by atoms with E-state index in [4.69, 9.17) is 4.74 Å². The van der Waals surface area contributed by atoms with Crippen LogP contribution in [-0.2, 0) is 24.3 Å². The molecule has 1 amide bonds. The molecule has 6 heteroatoms. The number of nitrogens with zero attached hydrogens (tertiary/aromatic N) is 3. The van der Waals surface area contributed by atoms with Gasteiger partial charge in [-0.3, -0.25) is 13.9 Å². The first-order chi connectivity index (χ1) is 14.1. The summed E-state index contributed by atoms with van der Waals surface area (Å²) in [6.07, 6.45) is 2.15. The molecule has 0 spiro atoms. The Morgan fingerprint density at radius 3 is 2.52 bits per heavy atom. The van der Waals surface area contributed by atoms with Crippen molar-refractivity contribution in [1.82, 2.24) is 9.13 Å². The lowest BCUT2D eigenvalue weighted by Gasteiger charge is -2.32. The third kappa shape index (κ3) is 3.22. The molecule has 0 radical (unpaired) electrons. The smallest absolute Gasteiger partial charge is 0.329 e. The van der Waals surface area contributed by atoms with E-state index in [-0.39, 0.29) is 18.0 Å². The average molecular weight is 393 g/mol. The summed E-state index contributed by atoms with van der Waals surface area (Å²) in [5, 5.41) is 0. The van der Waals surface area contributed by atoms with E-state index in [0.717, 1.165) is 35.3 Å². The van der Waals surface area contributed by atoms with Gasteiger partial charge in [0.2, 0.25) is 5.91 Å². The van der Waals surface area contributed by atoms with E-state index in [9.17, 15) is 9.59 Å². The van der Waals surface area contributed by atoms with Crippen molar-refractivity contribution in [1.29, 1.82) is 0 Å². The Bertz CT molecular complexity index is 1130.